The van der Waals surface area contributed by atoms with Gasteiger partial charge in [0.05, 0.1) is 12.0 Å². The molecule has 0 aliphatic rings. The summed E-state index contributed by atoms with van der Waals surface area (Å²) in [6.45, 7) is 1.66. The molecule has 1 heterocycles. The number of hydrogen-bond donors (Lipinski definition) is 0. The molecule has 0 amide bonds. The first-order valence-corrected chi connectivity index (χ1v) is 3.79. The Kier molecular flexibility index (Phi) is 2.67. The predicted molar refractivity (Wildman–Crippen MR) is 47.2 cm³/mol. The Bertz CT molecular complexity index is 354. The average molecular weight is 203 g/mol. The maximum Gasteiger partial charge on any atom is 0.306 e. The van der Waals surface area contributed by atoms with Crippen LogP contribution in [-0.2, 0) is 0 Å². The minimum absolute atomic E-state index is 0.160. The van der Waals surface area contributed by atoms with Gasteiger partial charge >= 0.3 is 5.69 Å². The van der Waals surface area contributed by atoms with E-state index in [1.807, 2.05) is 0 Å². The van der Waals surface area contributed by atoms with E-state index in [1.54, 1.807) is 6.92 Å². The number of nitro groups is 1. The van der Waals surface area contributed by atoms with E-state index < -0.39 is 4.92 Å². The van der Waals surface area contributed by atoms with Crippen LogP contribution in [0.25, 0.3) is 0 Å². The van der Waals surface area contributed by atoms with Crippen LogP contribution in [-0.4, -0.2) is 17.0 Å². The van der Waals surface area contributed by atoms with Gasteiger partial charge in [0, 0.05) is 11.6 Å². The molecule has 1 rings (SSSR count). The molecule has 0 bridgehead atoms. The topological polar surface area (TPSA) is 65.3 Å². The standard InChI is InChI=1S/C7H7ClN2O3/c1-4-3-5(10(11)12)6(8)9-7(4)13-2/h3H,1-2H3. The molecule has 1 aromatic rings. The molecule has 0 atom stereocenters. The number of methoxy groups -OCH3 is 1. The summed E-state index contributed by atoms with van der Waals surface area (Å²) in [6.07, 6.45) is 0. The minimum atomic E-state index is -0.582. The Morgan fingerprint density at radius 1 is 1.69 bits per heavy atom. The highest BCUT2D eigenvalue weighted by atomic mass is 35.5. The summed E-state index contributed by atoms with van der Waals surface area (Å²) in [4.78, 5) is 13.5. The van der Waals surface area contributed by atoms with Crippen molar-refractivity contribution in [2.75, 3.05) is 7.11 Å². The number of rotatable bonds is 2. The van der Waals surface area contributed by atoms with Crippen molar-refractivity contribution < 1.29 is 9.66 Å². The fraction of sp³-hybridized carbons (Fsp3) is 0.286. The third-order valence-corrected chi connectivity index (χ3v) is 1.77. The quantitative estimate of drug-likeness (QED) is 0.418. The predicted octanol–water partition coefficient (Wildman–Crippen LogP) is 1.96. The molecule has 0 aromatic carbocycles. The lowest BCUT2D eigenvalue weighted by Crippen LogP contribution is -1.96. The average Bonchev–Trinajstić information content (AvgIpc) is 2.07. The summed E-state index contributed by atoms with van der Waals surface area (Å²) in [5.41, 5.74) is 0.374. The van der Waals surface area contributed by atoms with E-state index in [9.17, 15) is 10.1 Å². The molecule has 0 radical (unpaired) electrons. The lowest BCUT2D eigenvalue weighted by Gasteiger charge is -2.02. The molecule has 0 aliphatic heterocycles. The Morgan fingerprint density at radius 3 is 2.77 bits per heavy atom. The van der Waals surface area contributed by atoms with Crippen molar-refractivity contribution in [3.05, 3.63) is 26.9 Å². The third-order valence-electron chi connectivity index (χ3n) is 1.49. The Labute approximate surface area is 79.5 Å². The first-order valence-electron chi connectivity index (χ1n) is 3.41. The van der Waals surface area contributed by atoms with E-state index in [1.165, 1.54) is 13.2 Å². The lowest BCUT2D eigenvalue weighted by atomic mass is 10.3. The van der Waals surface area contributed by atoms with Crippen LogP contribution in [0.1, 0.15) is 5.56 Å². The molecular weight excluding hydrogens is 196 g/mol. The fourth-order valence-corrected chi connectivity index (χ4v) is 1.10. The second-order valence-electron chi connectivity index (χ2n) is 2.38. The zero-order valence-electron chi connectivity index (χ0n) is 7.07. The maximum absolute atomic E-state index is 10.4. The van der Waals surface area contributed by atoms with Crippen molar-refractivity contribution in [1.82, 2.24) is 4.98 Å². The number of aryl methyl sites for hydroxylation is 1. The zero-order chi connectivity index (χ0) is 10.0. The van der Waals surface area contributed by atoms with Gasteiger partial charge in [-0.15, -0.1) is 0 Å². The lowest BCUT2D eigenvalue weighted by molar-refractivity contribution is -0.385. The number of aromatic nitrogens is 1. The molecule has 70 valence electrons. The SMILES string of the molecule is COc1nc(Cl)c([N+](=O)[O-])cc1C. The van der Waals surface area contributed by atoms with E-state index >= 15 is 0 Å². The van der Waals surface area contributed by atoms with Crippen molar-refractivity contribution in [1.29, 1.82) is 0 Å². The molecule has 13 heavy (non-hydrogen) atoms. The van der Waals surface area contributed by atoms with Gasteiger partial charge in [-0.3, -0.25) is 10.1 Å². The Hall–Kier alpha value is -1.36. The van der Waals surface area contributed by atoms with E-state index in [0.29, 0.717) is 11.4 Å². The molecule has 0 saturated carbocycles. The van der Waals surface area contributed by atoms with E-state index in [-0.39, 0.29) is 10.8 Å². The minimum Gasteiger partial charge on any atom is -0.481 e. The highest BCUT2D eigenvalue weighted by molar-refractivity contribution is 6.31. The van der Waals surface area contributed by atoms with E-state index in [4.69, 9.17) is 16.3 Å². The van der Waals surface area contributed by atoms with Crippen molar-refractivity contribution in [2.24, 2.45) is 0 Å². The monoisotopic (exact) mass is 202 g/mol. The summed E-state index contributed by atoms with van der Waals surface area (Å²) in [5, 5.41) is 10.3. The van der Waals surface area contributed by atoms with Crippen molar-refractivity contribution in [3.63, 3.8) is 0 Å². The first-order chi connectivity index (χ1) is 6.06. The Morgan fingerprint density at radius 2 is 2.31 bits per heavy atom. The highest BCUT2D eigenvalue weighted by Crippen LogP contribution is 2.27. The smallest absolute Gasteiger partial charge is 0.306 e. The van der Waals surface area contributed by atoms with Gasteiger partial charge in [0.15, 0.2) is 0 Å². The van der Waals surface area contributed by atoms with Crippen LogP contribution < -0.4 is 4.74 Å². The molecule has 6 heteroatoms. The van der Waals surface area contributed by atoms with Crippen molar-refractivity contribution in [2.45, 2.75) is 6.92 Å². The van der Waals surface area contributed by atoms with Crippen molar-refractivity contribution >= 4 is 17.3 Å². The van der Waals surface area contributed by atoms with Gasteiger partial charge in [-0.05, 0) is 6.92 Å². The molecule has 1 aromatic heterocycles. The van der Waals surface area contributed by atoms with E-state index in [2.05, 4.69) is 4.98 Å². The summed E-state index contributed by atoms with van der Waals surface area (Å²) in [5.74, 6) is 0.301. The van der Waals surface area contributed by atoms with Crippen LogP contribution in [0.5, 0.6) is 5.88 Å². The zero-order valence-corrected chi connectivity index (χ0v) is 7.83. The van der Waals surface area contributed by atoms with Gasteiger partial charge in [-0.25, -0.2) is 0 Å². The Balaban J connectivity index is 3.28. The number of ether oxygens (including phenoxy) is 1. The van der Waals surface area contributed by atoms with Gasteiger partial charge in [0.25, 0.3) is 0 Å². The second-order valence-corrected chi connectivity index (χ2v) is 2.74. The largest absolute Gasteiger partial charge is 0.481 e. The van der Waals surface area contributed by atoms with Crippen LogP contribution in [0.2, 0.25) is 5.15 Å². The highest BCUT2D eigenvalue weighted by Gasteiger charge is 2.16. The van der Waals surface area contributed by atoms with Gasteiger partial charge < -0.3 is 4.74 Å². The molecule has 0 N–H and O–H groups in total. The first kappa shape index (κ1) is 9.73. The molecular formula is C7H7ClN2O3. The molecule has 0 spiro atoms. The number of nitrogens with zero attached hydrogens (tertiary/aromatic N) is 2. The molecule has 0 aliphatic carbocycles. The van der Waals surface area contributed by atoms with E-state index in [0.717, 1.165) is 0 Å². The number of halogens is 1. The molecule has 0 saturated heterocycles. The molecule has 5 nitrogen and oxygen atoms in total. The van der Waals surface area contributed by atoms with Crippen LogP contribution in [0, 0.1) is 17.0 Å². The van der Waals surface area contributed by atoms with Crippen molar-refractivity contribution in [3.8, 4) is 5.88 Å². The second kappa shape index (κ2) is 3.57. The number of pyridine rings is 1. The van der Waals surface area contributed by atoms with Gasteiger partial charge in [-0.1, -0.05) is 11.6 Å². The van der Waals surface area contributed by atoms with Gasteiger partial charge in [0.2, 0.25) is 11.0 Å². The number of hydrogen-bond acceptors (Lipinski definition) is 4. The summed E-state index contributed by atoms with van der Waals surface area (Å²) in [7, 11) is 1.43. The summed E-state index contributed by atoms with van der Waals surface area (Å²) >= 11 is 5.54. The van der Waals surface area contributed by atoms with Crippen LogP contribution in [0.3, 0.4) is 0 Å². The normalized spacial score (nSPS) is 9.77. The molecule has 0 fully saturated rings. The third kappa shape index (κ3) is 1.86. The van der Waals surface area contributed by atoms with Gasteiger partial charge in [0.1, 0.15) is 0 Å². The fourth-order valence-electron chi connectivity index (χ4n) is 0.896. The maximum atomic E-state index is 10.4. The van der Waals surface area contributed by atoms with Crippen LogP contribution in [0.4, 0.5) is 5.69 Å². The summed E-state index contributed by atoms with van der Waals surface area (Å²) in [6, 6.07) is 1.33. The summed E-state index contributed by atoms with van der Waals surface area (Å²) < 4.78 is 4.84. The molecule has 0 unspecified atom stereocenters. The van der Waals surface area contributed by atoms with Gasteiger partial charge in [-0.2, -0.15) is 4.98 Å². The van der Waals surface area contributed by atoms with Crippen LogP contribution in [0.15, 0.2) is 6.07 Å². The van der Waals surface area contributed by atoms with Crippen LogP contribution >= 0.6 is 11.6 Å².